The number of hydrogen-bond acceptors (Lipinski definition) is 5. The maximum atomic E-state index is 12.9. The van der Waals surface area contributed by atoms with E-state index in [0.717, 1.165) is 12.8 Å². The van der Waals surface area contributed by atoms with Crippen LogP contribution in [0.5, 0.6) is 0 Å². The van der Waals surface area contributed by atoms with Gasteiger partial charge in [-0.2, -0.15) is 0 Å². The highest BCUT2D eigenvalue weighted by atomic mass is 16.5. The zero-order valence-electron chi connectivity index (χ0n) is 13.5. The molecule has 0 spiro atoms. The van der Waals surface area contributed by atoms with Gasteiger partial charge in [0.05, 0.1) is 12.1 Å². The Morgan fingerprint density at radius 2 is 1.87 bits per heavy atom. The van der Waals surface area contributed by atoms with Crippen molar-refractivity contribution in [2.24, 2.45) is 5.73 Å². The number of likely N-dealkylation sites (tertiary alicyclic amines) is 1. The van der Waals surface area contributed by atoms with Gasteiger partial charge in [0.15, 0.2) is 6.10 Å². The van der Waals surface area contributed by atoms with Crippen molar-refractivity contribution in [1.82, 2.24) is 10.2 Å². The molecule has 5 atom stereocenters. The van der Waals surface area contributed by atoms with E-state index in [0.29, 0.717) is 0 Å². The third kappa shape index (κ3) is 3.47. The van der Waals surface area contributed by atoms with E-state index in [1.807, 2.05) is 13.8 Å². The highest BCUT2D eigenvalue weighted by molar-refractivity contribution is 5.89. The number of carboxylic acid groups (broad SMARTS) is 1. The number of hydrogen-bond donors (Lipinski definition) is 3. The molecule has 128 valence electrons. The fourth-order valence-electron chi connectivity index (χ4n) is 3.24. The number of amides is 2. The molecular weight excluding hydrogens is 302 g/mol. The van der Waals surface area contributed by atoms with Crippen LogP contribution in [-0.4, -0.2) is 58.1 Å². The van der Waals surface area contributed by atoms with Gasteiger partial charge in [0.1, 0.15) is 0 Å². The molecule has 2 heterocycles. The van der Waals surface area contributed by atoms with Gasteiger partial charge in [0.2, 0.25) is 11.7 Å². The van der Waals surface area contributed by atoms with Crippen LogP contribution >= 0.6 is 0 Å². The molecule has 0 unspecified atom stereocenters. The average molecular weight is 325 g/mol. The van der Waals surface area contributed by atoms with Crippen molar-refractivity contribution in [3.63, 3.8) is 0 Å². The number of rotatable bonds is 3. The van der Waals surface area contributed by atoms with Crippen LogP contribution in [0, 0.1) is 0 Å². The van der Waals surface area contributed by atoms with Gasteiger partial charge in [-0.15, -0.1) is 0 Å². The standard InChI is InChI=1S/C15H23N3O5/c1-7-4-5-8(2)18(7)14(20)13-12(17-9(3)19)10(16)6-11(23-13)15(21)22/h6-8,10,12-13H,4-5,16H2,1-3H3,(H,17,19)(H,21,22)/t7-,8-,10+,12-,13-/m1/s1. The number of aliphatic carboxylic acids is 1. The third-order valence-electron chi connectivity index (χ3n) is 4.37. The number of carbonyl (C=O) groups excluding carboxylic acids is 2. The van der Waals surface area contributed by atoms with Crippen molar-refractivity contribution in [3.8, 4) is 0 Å². The molecule has 0 aromatic rings. The van der Waals surface area contributed by atoms with Gasteiger partial charge in [-0.1, -0.05) is 0 Å². The topological polar surface area (TPSA) is 122 Å². The van der Waals surface area contributed by atoms with E-state index in [1.54, 1.807) is 4.90 Å². The number of nitrogens with zero attached hydrogens (tertiary/aromatic N) is 1. The molecule has 2 amide bonds. The molecule has 8 heteroatoms. The molecule has 0 saturated carbocycles. The summed E-state index contributed by atoms with van der Waals surface area (Å²) in [6.07, 6.45) is 1.81. The summed E-state index contributed by atoms with van der Waals surface area (Å²) in [6.45, 7) is 5.18. The van der Waals surface area contributed by atoms with Crippen molar-refractivity contribution in [1.29, 1.82) is 0 Å². The first-order valence-electron chi connectivity index (χ1n) is 7.69. The largest absolute Gasteiger partial charge is 0.475 e. The summed E-state index contributed by atoms with van der Waals surface area (Å²) in [5.41, 5.74) is 5.95. The molecule has 1 saturated heterocycles. The van der Waals surface area contributed by atoms with Gasteiger partial charge in [0, 0.05) is 19.0 Å². The Balaban J connectivity index is 2.31. The predicted molar refractivity (Wildman–Crippen MR) is 81.2 cm³/mol. The van der Waals surface area contributed by atoms with E-state index >= 15 is 0 Å². The Morgan fingerprint density at radius 3 is 2.35 bits per heavy atom. The maximum Gasteiger partial charge on any atom is 0.370 e. The fraction of sp³-hybridized carbons (Fsp3) is 0.667. The van der Waals surface area contributed by atoms with Gasteiger partial charge < -0.3 is 25.8 Å². The SMILES string of the molecule is CC(=O)N[C@@H]1[C@@H](N)C=C(C(=O)O)O[C@H]1C(=O)N1[C@H](C)CC[C@H]1C. The second-order valence-electron chi connectivity index (χ2n) is 6.20. The molecule has 0 aromatic carbocycles. The third-order valence-corrected chi connectivity index (χ3v) is 4.37. The summed E-state index contributed by atoms with van der Waals surface area (Å²) in [7, 11) is 0. The Bertz CT molecular complexity index is 537. The Labute approximate surface area is 134 Å². The van der Waals surface area contributed by atoms with Crippen LogP contribution in [0.1, 0.15) is 33.6 Å². The molecule has 23 heavy (non-hydrogen) atoms. The smallest absolute Gasteiger partial charge is 0.370 e. The highest BCUT2D eigenvalue weighted by Crippen LogP contribution is 2.28. The Morgan fingerprint density at radius 1 is 1.30 bits per heavy atom. The van der Waals surface area contributed by atoms with Gasteiger partial charge in [0.25, 0.3) is 5.91 Å². The zero-order valence-corrected chi connectivity index (χ0v) is 13.5. The molecule has 2 aliphatic rings. The lowest BCUT2D eigenvalue weighted by Gasteiger charge is -2.38. The van der Waals surface area contributed by atoms with Crippen LogP contribution in [0.15, 0.2) is 11.8 Å². The summed E-state index contributed by atoms with van der Waals surface area (Å²) >= 11 is 0. The first-order chi connectivity index (χ1) is 10.7. The van der Waals surface area contributed by atoms with Crippen LogP contribution in [0.3, 0.4) is 0 Å². The first kappa shape index (κ1) is 17.3. The van der Waals surface area contributed by atoms with E-state index < -0.39 is 24.2 Å². The van der Waals surface area contributed by atoms with Crippen molar-refractivity contribution in [2.75, 3.05) is 0 Å². The molecule has 2 rings (SSSR count). The summed E-state index contributed by atoms with van der Waals surface area (Å²) in [5, 5.41) is 11.7. The molecule has 0 bridgehead atoms. The van der Waals surface area contributed by atoms with Gasteiger partial charge in [-0.3, -0.25) is 9.59 Å². The van der Waals surface area contributed by atoms with E-state index in [9.17, 15) is 14.4 Å². The monoisotopic (exact) mass is 325 g/mol. The number of nitrogens with two attached hydrogens (primary N) is 1. The lowest BCUT2D eigenvalue weighted by molar-refractivity contribution is -0.151. The van der Waals surface area contributed by atoms with Crippen LogP contribution in [0.4, 0.5) is 0 Å². The number of nitrogens with one attached hydrogen (secondary N) is 1. The van der Waals surface area contributed by atoms with Crippen molar-refractivity contribution < 1.29 is 24.2 Å². The second kappa shape index (κ2) is 6.57. The highest BCUT2D eigenvalue weighted by Gasteiger charge is 2.45. The van der Waals surface area contributed by atoms with Crippen LogP contribution in [0.25, 0.3) is 0 Å². The molecule has 0 aliphatic carbocycles. The average Bonchev–Trinajstić information content (AvgIpc) is 2.78. The lowest BCUT2D eigenvalue weighted by atomic mass is 9.97. The number of ether oxygens (including phenoxy) is 1. The predicted octanol–water partition coefficient (Wildman–Crippen LogP) is -0.415. The quantitative estimate of drug-likeness (QED) is 0.648. The Hall–Kier alpha value is -2.09. The number of carboxylic acids is 1. The Kier molecular flexibility index (Phi) is 4.93. The van der Waals surface area contributed by atoms with Crippen LogP contribution in [-0.2, 0) is 19.1 Å². The molecule has 4 N–H and O–H groups in total. The van der Waals surface area contributed by atoms with E-state index in [4.69, 9.17) is 15.6 Å². The molecule has 1 fully saturated rings. The van der Waals surface area contributed by atoms with Gasteiger partial charge in [-0.25, -0.2) is 4.79 Å². The minimum atomic E-state index is -1.29. The van der Waals surface area contributed by atoms with Gasteiger partial charge >= 0.3 is 5.97 Å². The number of carbonyl (C=O) groups is 3. The summed E-state index contributed by atoms with van der Waals surface area (Å²) < 4.78 is 5.38. The minimum Gasteiger partial charge on any atom is -0.475 e. The van der Waals surface area contributed by atoms with Gasteiger partial charge in [-0.05, 0) is 32.8 Å². The molecule has 8 nitrogen and oxygen atoms in total. The summed E-state index contributed by atoms with van der Waals surface area (Å²) in [5.74, 6) is -2.36. The second-order valence-corrected chi connectivity index (χ2v) is 6.20. The van der Waals surface area contributed by atoms with Crippen LogP contribution < -0.4 is 11.1 Å². The van der Waals surface area contributed by atoms with E-state index in [-0.39, 0.29) is 29.7 Å². The molecule has 2 aliphatic heterocycles. The first-order valence-corrected chi connectivity index (χ1v) is 7.69. The molecule has 0 aromatic heterocycles. The van der Waals surface area contributed by atoms with Crippen molar-refractivity contribution in [3.05, 3.63) is 11.8 Å². The fourth-order valence-corrected chi connectivity index (χ4v) is 3.24. The summed E-state index contributed by atoms with van der Waals surface area (Å²) in [6, 6.07) is -1.55. The van der Waals surface area contributed by atoms with Crippen molar-refractivity contribution in [2.45, 2.75) is 63.9 Å². The molecule has 0 radical (unpaired) electrons. The van der Waals surface area contributed by atoms with Crippen LogP contribution in [0.2, 0.25) is 0 Å². The normalized spacial score (nSPS) is 33.7. The maximum absolute atomic E-state index is 12.9. The minimum absolute atomic E-state index is 0.0366. The zero-order chi connectivity index (χ0) is 17.3. The summed E-state index contributed by atoms with van der Waals surface area (Å²) in [4.78, 5) is 37.2. The lowest BCUT2D eigenvalue weighted by Crippen LogP contribution is -2.62. The molecular formula is C15H23N3O5. The van der Waals surface area contributed by atoms with E-state index in [2.05, 4.69) is 5.32 Å². The van der Waals surface area contributed by atoms with Crippen molar-refractivity contribution >= 4 is 17.8 Å². The van der Waals surface area contributed by atoms with E-state index in [1.165, 1.54) is 13.0 Å².